The molecule has 38 heavy (non-hydrogen) atoms. The lowest BCUT2D eigenvalue weighted by Gasteiger charge is -2.13. The van der Waals surface area contributed by atoms with E-state index in [9.17, 15) is 18.0 Å². The lowest BCUT2D eigenvalue weighted by molar-refractivity contribution is -0.137. The average Bonchev–Trinajstić information content (AvgIpc) is 2.90. The van der Waals surface area contributed by atoms with E-state index in [0.29, 0.717) is 71.7 Å². The van der Waals surface area contributed by atoms with E-state index in [4.69, 9.17) is 34.2 Å². The van der Waals surface area contributed by atoms with E-state index in [1.165, 1.54) is 18.2 Å². The summed E-state index contributed by atoms with van der Waals surface area (Å²) >= 11 is 0. The number of benzene rings is 2. The van der Waals surface area contributed by atoms with Crippen molar-refractivity contribution in [1.29, 1.82) is 0 Å². The molecule has 2 rings (SSSR count). The third-order valence-electron chi connectivity index (χ3n) is 4.83. The molecule has 0 fully saturated rings. The van der Waals surface area contributed by atoms with E-state index in [2.05, 4.69) is 5.32 Å². The van der Waals surface area contributed by atoms with Gasteiger partial charge in [-0.25, -0.2) is 4.79 Å². The number of anilines is 2. The smallest absolute Gasteiger partial charge is 0.416 e. The van der Waals surface area contributed by atoms with Gasteiger partial charge in [0.25, 0.3) is 0 Å². The molecule has 2 aromatic rings. The molecule has 0 aliphatic rings. The van der Waals surface area contributed by atoms with E-state index < -0.39 is 17.7 Å². The minimum atomic E-state index is -4.47. The number of hydrogen-bond donors (Lipinski definition) is 2. The van der Waals surface area contributed by atoms with Gasteiger partial charge in [-0.05, 0) is 30.3 Å². The Balaban J connectivity index is 1.55. The maximum atomic E-state index is 13.0. The number of carbonyl (C=O) groups excluding carboxylic acids is 1. The fraction of sp³-hybridized carbons (Fsp3) is 0.500. The van der Waals surface area contributed by atoms with Crippen molar-refractivity contribution in [2.45, 2.75) is 6.18 Å². The van der Waals surface area contributed by atoms with Crippen molar-refractivity contribution in [2.75, 3.05) is 84.5 Å². The second-order valence-electron chi connectivity index (χ2n) is 7.74. The van der Waals surface area contributed by atoms with Crippen LogP contribution in [0.4, 0.5) is 24.5 Å². The van der Waals surface area contributed by atoms with Gasteiger partial charge in [-0.15, -0.1) is 0 Å². The molecule has 0 radical (unpaired) electrons. The number of ether oxygens (including phenoxy) is 6. The molecule has 0 saturated heterocycles. The molecule has 0 saturated carbocycles. The Morgan fingerprint density at radius 1 is 0.711 bits per heavy atom. The number of esters is 1. The highest BCUT2D eigenvalue weighted by atomic mass is 19.4. The lowest BCUT2D eigenvalue weighted by Crippen LogP contribution is -2.16. The van der Waals surface area contributed by atoms with Crippen LogP contribution in [-0.2, 0) is 34.6 Å². The Kier molecular flexibility index (Phi) is 15.3. The Morgan fingerprint density at radius 3 is 1.79 bits per heavy atom. The van der Waals surface area contributed by atoms with Crippen LogP contribution in [0.1, 0.15) is 15.9 Å². The molecule has 212 valence electrons. The fourth-order valence-electron chi connectivity index (χ4n) is 3.03. The van der Waals surface area contributed by atoms with Gasteiger partial charge in [-0.1, -0.05) is 18.2 Å². The average molecular weight is 545 g/mol. The van der Waals surface area contributed by atoms with Crippen LogP contribution in [0.5, 0.6) is 0 Å². The predicted molar refractivity (Wildman–Crippen MR) is 135 cm³/mol. The second kappa shape index (κ2) is 18.5. The first-order valence-corrected chi connectivity index (χ1v) is 12.2. The minimum Gasteiger partial charge on any atom is -0.460 e. The SMILES string of the molecule is NCCOCCOCCOCCOCCOCCOC(=O)c1ccccc1Nc1cccc(C(F)(F)F)c1. The number of para-hydroxylation sites is 1. The fourth-order valence-corrected chi connectivity index (χ4v) is 3.03. The highest BCUT2D eigenvalue weighted by Gasteiger charge is 2.30. The first-order valence-electron chi connectivity index (χ1n) is 12.2. The number of hydrogen-bond acceptors (Lipinski definition) is 9. The molecule has 0 heterocycles. The van der Waals surface area contributed by atoms with Crippen LogP contribution in [0, 0.1) is 0 Å². The Hall–Kier alpha value is -2.74. The van der Waals surface area contributed by atoms with E-state index in [1.807, 2.05) is 0 Å². The molecule has 0 atom stereocenters. The molecule has 0 aliphatic heterocycles. The van der Waals surface area contributed by atoms with Crippen LogP contribution < -0.4 is 11.1 Å². The standard InChI is InChI=1S/C26H35F3N2O7/c27-26(28,29)21-4-3-5-22(20-21)31-24-7-2-1-6-23(24)25(32)38-19-18-37-17-16-36-15-14-35-13-12-34-11-10-33-9-8-30/h1-7,20,31H,8-19,30H2. The van der Waals surface area contributed by atoms with Gasteiger partial charge in [-0.2, -0.15) is 13.2 Å². The first kappa shape index (κ1) is 31.5. The Morgan fingerprint density at radius 2 is 1.24 bits per heavy atom. The number of nitrogens with one attached hydrogen (secondary N) is 1. The zero-order valence-corrected chi connectivity index (χ0v) is 21.2. The number of nitrogens with two attached hydrogens (primary N) is 1. The second-order valence-corrected chi connectivity index (χ2v) is 7.74. The van der Waals surface area contributed by atoms with Gasteiger partial charge in [0, 0.05) is 12.2 Å². The summed E-state index contributed by atoms with van der Waals surface area (Å²) in [7, 11) is 0. The van der Waals surface area contributed by atoms with Crippen molar-refractivity contribution in [1.82, 2.24) is 0 Å². The van der Waals surface area contributed by atoms with Crippen LogP contribution in [0.3, 0.4) is 0 Å². The number of alkyl halides is 3. The zero-order chi connectivity index (χ0) is 27.5. The number of carbonyl (C=O) groups is 1. The molecule has 0 amide bonds. The lowest BCUT2D eigenvalue weighted by atomic mass is 10.1. The summed E-state index contributed by atoms with van der Waals surface area (Å²) in [4.78, 5) is 12.5. The molecule has 12 heteroatoms. The van der Waals surface area contributed by atoms with Gasteiger partial charge >= 0.3 is 12.1 Å². The maximum absolute atomic E-state index is 13.0. The molecular weight excluding hydrogens is 509 g/mol. The van der Waals surface area contributed by atoms with Crippen molar-refractivity contribution in [3.8, 4) is 0 Å². The van der Waals surface area contributed by atoms with Gasteiger partial charge in [0.05, 0.1) is 82.9 Å². The van der Waals surface area contributed by atoms with Gasteiger partial charge in [0.2, 0.25) is 0 Å². The number of halogens is 3. The summed E-state index contributed by atoms with van der Waals surface area (Å²) in [6.07, 6.45) is -4.47. The van der Waals surface area contributed by atoms with Crippen molar-refractivity contribution in [3.63, 3.8) is 0 Å². The molecule has 2 aromatic carbocycles. The maximum Gasteiger partial charge on any atom is 0.416 e. The summed E-state index contributed by atoms with van der Waals surface area (Å²) in [6, 6.07) is 11.1. The Labute approximate surface area is 220 Å². The van der Waals surface area contributed by atoms with E-state index in [-0.39, 0.29) is 24.5 Å². The van der Waals surface area contributed by atoms with Crippen molar-refractivity contribution < 1.29 is 46.4 Å². The molecular formula is C26H35F3N2O7. The summed E-state index contributed by atoms with van der Waals surface area (Å²) in [6.45, 7) is 4.64. The monoisotopic (exact) mass is 544 g/mol. The summed E-state index contributed by atoms with van der Waals surface area (Å²) in [5.41, 5.74) is 5.24. The minimum absolute atomic E-state index is 0.0110. The molecule has 0 aromatic heterocycles. The van der Waals surface area contributed by atoms with Gasteiger partial charge in [-0.3, -0.25) is 0 Å². The van der Waals surface area contributed by atoms with Gasteiger partial charge in [0.1, 0.15) is 6.61 Å². The van der Waals surface area contributed by atoms with Crippen LogP contribution in [0.15, 0.2) is 48.5 Å². The third-order valence-corrected chi connectivity index (χ3v) is 4.83. The van der Waals surface area contributed by atoms with E-state index in [0.717, 1.165) is 12.1 Å². The molecule has 9 nitrogen and oxygen atoms in total. The molecule has 0 spiro atoms. The zero-order valence-electron chi connectivity index (χ0n) is 21.2. The van der Waals surface area contributed by atoms with Crippen LogP contribution >= 0.6 is 0 Å². The topological polar surface area (TPSA) is 111 Å². The number of rotatable bonds is 20. The summed E-state index contributed by atoms with van der Waals surface area (Å²) in [5, 5.41) is 2.85. The van der Waals surface area contributed by atoms with E-state index >= 15 is 0 Å². The van der Waals surface area contributed by atoms with Crippen LogP contribution in [-0.4, -0.2) is 85.2 Å². The van der Waals surface area contributed by atoms with Crippen molar-refractivity contribution >= 4 is 17.3 Å². The summed E-state index contributed by atoms with van der Waals surface area (Å²) in [5.74, 6) is -0.621. The van der Waals surface area contributed by atoms with Crippen molar-refractivity contribution in [3.05, 3.63) is 59.7 Å². The molecule has 0 unspecified atom stereocenters. The molecule has 3 N–H and O–H groups in total. The van der Waals surface area contributed by atoms with Gasteiger partial charge in [0.15, 0.2) is 0 Å². The van der Waals surface area contributed by atoms with Crippen LogP contribution in [0.25, 0.3) is 0 Å². The molecule has 0 bridgehead atoms. The quantitative estimate of drug-likeness (QED) is 0.191. The Bertz CT molecular complexity index is 932. The first-order chi connectivity index (χ1) is 18.4. The van der Waals surface area contributed by atoms with Gasteiger partial charge < -0.3 is 39.5 Å². The largest absolute Gasteiger partial charge is 0.460 e. The molecule has 0 aliphatic carbocycles. The predicted octanol–water partition coefficient (Wildman–Crippen LogP) is 3.65. The van der Waals surface area contributed by atoms with Crippen molar-refractivity contribution in [2.24, 2.45) is 5.73 Å². The highest BCUT2D eigenvalue weighted by Crippen LogP contribution is 2.32. The normalized spacial score (nSPS) is 11.5. The third kappa shape index (κ3) is 13.2. The van der Waals surface area contributed by atoms with E-state index in [1.54, 1.807) is 18.2 Å². The van der Waals surface area contributed by atoms with Crippen LogP contribution in [0.2, 0.25) is 0 Å². The summed E-state index contributed by atoms with van der Waals surface area (Å²) < 4.78 is 70.8. The highest BCUT2D eigenvalue weighted by molar-refractivity contribution is 5.96.